The van der Waals surface area contributed by atoms with Gasteiger partial charge in [0.05, 0.1) is 12.1 Å². The number of hydrogen-bond donors (Lipinski definition) is 1. The normalized spacial score (nSPS) is 14.8. The van der Waals surface area contributed by atoms with E-state index in [0.29, 0.717) is 50.6 Å². The molecule has 0 unspecified atom stereocenters. The summed E-state index contributed by atoms with van der Waals surface area (Å²) < 4.78 is 5.47. The van der Waals surface area contributed by atoms with Crippen LogP contribution in [0.3, 0.4) is 0 Å². The Hall–Kier alpha value is -2.59. The number of benzene rings is 1. The number of nitrogens with zero attached hydrogens (tertiary/aromatic N) is 3. The molecule has 128 valence electrons. The van der Waals surface area contributed by atoms with Gasteiger partial charge in [-0.1, -0.05) is 12.1 Å². The van der Waals surface area contributed by atoms with Crippen LogP contribution in [-0.2, 0) is 9.59 Å². The molecule has 1 heterocycles. The van der Waals surface area contributed by atoms with Crippen molar-refractivity contribution in [1.29, 1.82) is 5.26 Å². The van der Waals surface area contributed by atoms with Crippen molar-refractivity contribution >= 4 is 11.8 Å². The number of carbonyl (C=O) groups excluding carboxylic acids is 2. The SMILES string of the molecule is CCNC(=O)CN1CCN(C(=O)COc2ccccc2C#N)CC1. The fraction of sp³-hybridized carbons (Fsp3) is 0.471. The van der Waals surface area contributed by atoms with Gasteiger partial charge in [-0.05, 0) is 19.1 Å². The highest BCUT2D eigenvalue weighted by atomic mass is 16.5. The van der Waals surface area contributed by atoms with E-state index in [1.54, 1.807) is 29.2 Å². The Morgan fingerprint density at radius 1 is 1.25 bits per heavy atom. The minimum atomic E-state index is -0.111. The lowest BCUT2D eigenvalue weighted by Crippen LogP contribution is -2.52. The molecule has 1 aliphatic rings. The maximum Gasteiger partial charge on any atom is 0.260 e. The molecular weight excluding hydrogens is 308 g/mol. The van der Waals surface area contributed by atoms with Crippen LogP contribution >= 0.6 is 0 Å². The van der Waals surface area contributed by atoms with Crippen LogP contribution in [0.1, 0.15) is 12.5 Å². The first-order chi connectivity index (χ1) is 11.6. The number of ether oxygens (including phenoxy) is 1. The van der Waals surface area contributed by atoms with Crippen LogP contribution in [0.5, 0.6) is 5.75 Å². The standard InChI is InChI=1S/C17H22N4O3/c1-2-19-16(22)12-20-7-9-21(10-8-20)17(23)13-24-15-6-4-3-5-14(15)11-18/h3-6H,2,7-10,12-13H2,1H3,(H,19,22). The average molecular weight is 330 g/mol. The summed E-state index contributed by atoms with van der Waals surface area (Å²) in [7, 11) is 0. The van der Waals surface area contributed by atoms with Gasteiger partial charge in [-0.2, -0.15) is 5.26 Å². The molecule has 1 aromatic rings. The zero-order chi connectivity index (χ0) is 17.4. The van der Waals surface area contributed by atoms with E-state index in [0.717, 1.165) is 0 Å². The topological polar surface area (TPSA) is 85.7 Å². The molecular formula is C17H22N4O3. The van der Waals surface area contributed by atoms with E-state index in [1.807, 2.05) is 17.9 Å². The smallest absolute Gasteiger partial charge is 0.260 e. The molecule has 1 N–H and O–H groups in total. The number of nitrogens with one attached hydrogen (secondary N) is 1. The van der Waals surface area contributed by atoms with Gasteiger partial charge in [0.1, 0.15) is 11.8 Å². The molecule has 1 aliphatic heterocycles. The Morgan fingerprint density at radius 3 is 2.62 bits per heavy atom. The zero-order valence-corrected chi connectivity index (χ0v) is 13.8. The summed E-state index contributed by atoms with van der Waals surface area (Å²) >= 11 is 0. The van der Waals surface area contributed by atoms with Gasteiger partial charge < -0.3 is 15.0 Å². The molecule has 0 aromatic heterocycles. The van der Waals surface area contributed by atoms with Crippen molar-refractivity contribution in [1.82, 2.24) is 15.1 Å². The lowest BCUT2D eigenvalue weighted by atomic mass is 10.2. The van der Waals surface area contributed by atoms with E-state index in [4.69, 9.17) is 10.00 Å². The van der Waals surface area contributed by atoms with Crippen LogP contribution in [0.4, 0.5) is 0 Å². The minimum absolute atomic E-state index is 0.00807. The lowest BCUT2D eigenvalue weighted by Gasteiger charge is -2.34. The second kappa shape index (κ2) is 8.89. The van der Waals surface area contributed by atoms with Crippen molar-refractivity contribution in [2.75, 3.05) is 45.9 Å². The van der Waals surface area contributed by atoms with Gasteiger partial charge >= 0.3 is 0 Å². The molecule has 0 bridgehead atoms. The monoisotopic (exact) mass is 330 g/mol. The number of rotatable bonds is 6. The van der Waals surface area contributed by atoms with Crippen molar-refractivity contribution in [3.63, 3.8) is 0 Å². The second-order valence-corrected chi connectivity index (χ2v) is 5.51. The molecule has 0 aliphatic carbocycles. The third-order valence-corrected chi connectivity index (χ3v) is 3.82. The number of carbonyl (C=O) groups is 2. The van der Waals surface area contributed by atoms with Gasteiger partial charge in [0.2, 0.25) is 5.91 Å². The fourth-order valence-corrected chi connectivity index (χ4v) is 2.53. The molecule has 7 heteroatoms. The summed E-state index contributed by atoms with van der Waals surface area (Å²) in [4.78, 5) is 27.5. The molecule has 0 spiro atoms. The minimum Gasteiger partial charge on any atom is -0.482 e. The molecule has 1 aromatic carbocycles. The molecule has 0 radical (unpaired) electrons. The molecule has 0 saturated carbocycles. The van der Waals surface area contributed by atoms with Crippen molar-refractivity contribution < 1.29 is 14.3 Å². The number of para-hydroxylation sites is 1. The molecule has 2 rings (SSSR count). The van der Waals surface area contributed by atoms with Crippen LogP contribution in [0.2, 0.25) is 0 Å². The Bertz CT molecular complexity index is 619. The van der Waals surface area contributed by atoms with E-state index >= 15 is 0 Å². The van der Waals surface area contributed by atoms with E-state index in [2.05, 4.69) is 5.32 Å². The maximum atomic E-state index is 12.2. The van der Waals surface area contributed by atoms with Crippen LogP contribution in [0.25, 0.3) is 0 Å². The lowest BCUT2D eigenvalue weighted by molar-refractivity contribution is -0.135. The Kier molecular flexibility index (Phi) is 6.58. The van der Waals surface area contributed by atoms with Gasteiger partial charge in [-0.25, -0.2) is 0 Å². The first-order valence-electron chi connectivity index (χ1n) is 8.02. The first-order valence-corrected chi connectivity index (χ1v) is 8.02. The van der Waals surface area contributed by atoms with Gasteiger partial charge in [0.25, 0.3) is 5.91 Å². The van der Waals surface area contributed by atoms with E-state index in [1.165, 1.54) is 0 Å². The summed E-state index contributed by atoms with van der Waals surface area (Å²) in [5.41, 5.74) is 0.414. The molecule has 2 amide bonds. The quantitative estimate of drug-likeness (QED) is 0.806. The summed E-state index contributed by atoms with van der Waals surface area (Å²) in [5, 5.41) is 11.8. The molecule has 1 saturated heterocycles. The summed E-state index contributed by atoms with van der Waals surface area (Å²) in [6, 6.07) is 8.88. The number of amides is 2. The average Bonchev–Trinajstić information content (AvgIpc) is 2.60. The largest absolute Gasteiger partial charge is 0.482 e. The van der Waals surface area contributed by atoms with E-state index in [-0.39, 0.29) is 18.4 Å². The molecule has 0 atom stereocenters. The van der Waals surface area contributed by atoms with E-state index < -0.39 is 0 Å². The Morgan fingerprint density at radius 2 is 1.96 bits per heavy atom. The van der Waals surface area contributed by atoms with Crippen molar-refractivity contribution in [3.8, 4) is 11.8 Å². The Balaban J connectivity index is 1.77. The maximum absolute atomic E-state index is 12.2. The third kappa shape index (κ3) is 4.96. The third-order valence-electron chi connectivity index (χ3n) is 3.82. The van der Waals surface area contributed by atoms with Crippen molar-refractivity contribution in [2.45, 2.75) is 6.92 Å². The van der Waals surface area contributed by atoms with Gasteiger partial charge in [0, 0.05) is 32.7 Å². The van der Waals surface area contributed by atoms with Crippen LogP contribution < -0.4 is 10.1 Å². The van der Waals surface area contributed by atoms with Crippen LogP contribution in [0.15, 0.2) is 24.3 Å². The molecule has 7 nitrogen and oxygen atoms in total. The van der Waals surface area contributed by atoms with E-state index in [9.17, 15) is 9.59 Å². The highest BCUT2D eigenvalue weighted by Crippen LogP contribution is 2.16. The van der Waals surface area contributed by atoms with Gasteiger partial charge in [-0.3, -0.25) is 14.5 Å². The number of hydrogen-bond acceptors (Lipinski definition) is 5. The van der Waals surface area contributed by atoms with Gasteiger partial charge in [-0.15, -0.1) is 0 Å². The summed E-state index contributed by atoms with van der Waals surface area (Å²) in [6.45, 7) is 5.26. The number of nitriles is 1. The predicted octanol–water partition coefficient (Wildman–Crippen LogP) is 0.217. The van der Waals surface area contributed by atoms with Crippen molar-refractivity contribution in [3.05, 3.63) is 29.8 Å². The number of likely N-dealkylation sites (N-methyl/N-ethyl adjacent to an activating group) is 1. The second-order valence-electron chi connectivity index (χ2n) is 5.51. The summed E-state index contributed by atoms with van der Waals surface area (Å²) in [5.74, 6) is 0.317. The fourth-order valence-electron chi connectivity index (χ4n) is 2.53. The first kappa shape index (κ1) is 17.8. The van der Waals surface area contributed by atoms with Crippen LogP contribution in [-0.4, -0.2) is 67.5 Å². The highest BCUT2D eigenvalue weighted by molar-refractivity contribution is 5.79. The predicted molar refractivity (Wildman–Crippen MR) is 88.4 cm³/mol. The Labute approximate surface area is 141 Å². The zero-order valence-electron chi connectivity index (χ0n) is 13.8. The summed E-state index contributed by atoms with van der Waals surface area (Å²) in [6.07, 6.45) is 0. The van der Waals surface area contributed by atoms with Crippen LogP contribution in [0, 0.1) is 11.3 Å². The number of piperazine rings is 1. The highest BCUT2D eigenvalue weighted by Gasteiger charge is 2.22. The van der Waals surface area contributed by atoms with Crippen molar-refractivity contribution in [2.24, 2.45) is 0 Å². The molecule has 24 heavy (non-hydrogen) atoms. The van der Waals surface area contributed by atoms with Gasteiger partial charge in [0.15, 0.2) is 6.61 Å². The molecule has 1 fully saturated rings.